The van der Waals surface area contributed by atoms with E-state index in [0.29, 0.717) is 6.10 Å². The quantitative estimate of drug-likeness (QED) is 0.393. The van der Waals surface area contributed by atoms with E-state index in [4.69, 9.17) is 4.74 Å². The highest BCUT2D eigenvalue weighted by Gasteiger charge is 2.51. The van der Waals surface area contributed by atoms with E-state index >= 15 is 0 Å². The smallest absolute Gasteiger partial charge is 0.135 e. The molecule has 0 amide bonds. The second kappa shape index (κ2) is 1.83. The van der Waals surface area contributed by atoms with Gasteiger partial charge in [0.2, 0.25) is 0 Å². The minimum Gasteiger partial charge on any atom is -0.353 e. The van der Waals surface area contributed by atoms with Gasteiger partial charge in [-0.2, -0.15) is 0 Å². The van der Waals surface area contributed by atoms with Crippen LogP contribution in [-0.2, 0) is 4.74 Å². The number of fused-ring (bicyclic) bond motifs is 1. The maximum Gasteiger partial charge on any atom is 0.135 e. The minimum absolute atomic E-state index is 0.0521. The largest absolute Gasteiger partial charge is 0.353 e. The van der Waals surface area contributed by atoms with Gasteiger partial charge in [-0.1, -0.05) is 30.4 Å². The fraction of sp³-hybridized carbons (Fsp3) is 0.333. The Bertz CT molecular complexity index is 225. The molecule has 1 heterocycles. The molecule has 1 nitrogen and oxygen atoms in total. The van der Waals surface area contributed by atoms with E-state index in [2.05, 4.69) is 18.2 Å². The SMILES string of the molecule is CC=CC12C=CC=CC1O2. The van der Waals surface area contributed by atoms with Crippen LogP contribution in [0.3, 0.4) is 0 Å². The van der Waals surface area contributed by atoms with Gasteiger partial charge in [-0.05, 0) is 13.0 Å². The molecule has 1 aliphatic heterocycles. The number of epoxide rings is 1. The maximum atomic E-state index is 5.45. The molecule has 0 spiro atoms. The third-order valence-corrected chi connectivity index (χ3v) is 1.90. The van der Waals surface area contributed by atoms with Crippen LogP contribution < -0.4 is 0 Å². The summed E-state index contributed by atoms with van der Waals surface area (Å²) in [6, 6.07) is 0. The first-order valence-corrected chi connectivity index (χ1v) is 3.55. The molecular weight excluding hydrogens is 124 g/mol. The number of hydrogen-bond acceptors (Lipinski definition) is 1. The maximum absolute atomic E-state index is 5.45. The predicted molar refractivity (Wildman–Crippen MR) is 40.7 cm³/mol. The van der Waals surface area contributed by atoms with E-state index < -0.39 is 0 Å². The van der Waals surface area contributed by atoms with Gasteiger partial charge in [0.05, 0.1) is 0 Å². The monoisotopic (exact) mass is 134 g/mol. The van der Waals surface area contributed by atoms with Crippen molar-refractivity contribution in [1.82, 2.24) is 0 Å². The van der Waals surface area contributed by atoms with Crippen molar-refractivity contribution in [3.05, 3.63) is 36.5 Å². The molecule has 2 atom stereocenters. The third kappa shape index (κ3) is 0.673. The first-order valence-electron chi connectivity index (χ1n) is 3.55. The van der Waals surface area contributed by atoms with E-state index in [9.17, 15) is 0 Å². The van der Waals surface area contributed by atoms with E-state index in [-0.39, 0.29) is 5.60 Å². The lowest BCUT2D eigenvalue weighted by molar-refractivity contribution is 0.376. The Morgan fingerprint density at radius 2 is 2.40 bits per heavy atom. The van der Waals surface area contributed by atoms with Crippen molar-refractivity contribution >= 4 is 0 Å². The molecule has 2 rings (SSSR count). The van der Waals surface area contributed by atoms with Crippen LogP contribution in [0.15, 0.2) is 36.5 Å². The lowest BCUT2D eigenvalue weighted by Crippen LogP contribution is -2.07. The summed E-state index contributed by atoms with van der Waals surface area (Å²) in [5.74, 6) is 0. The Balaban J connectivity index is 2.23. The molecule has 2 aliphatic rings. The van der Waals surface area contributed by atoms with E-state index in [1.807, 2.05) is 25.2 Å². The molecule has 0 saturated carbocycles. The van der Waals surface area contributed by atoms with Crippen molar-refractivity contribution < 1.29 is 4.74 Å². The summed E-state index contributed by atoms with van der Waals surface area (Å²) in [7, 11) is 0. The lowest BCUT2D eigenvalue weighted by atomic mass is 10.0. The first kappa shape index (κ1) is 5.93. The fourth-order valence-electron chi connectivity index (χ4n) is 1.33. The summed E-state index contributed by atoms with van der Waals surface area (Å²) in [5, 5.41) is 0. The molecule has 0 N–H and O–H groups in total. The van der Waals surface area contributed by atoms with Crippen molar-refractivity contribution in [1.29, 1.82) is 0 Å². The molecule has 0 bridgehead atoms. The first-order chi connectivity index (χ1) is 4.87. The van der Waals surface area contributed by atoms with Crippen LogP contribution in [0, 0.1) is 0 Å². The average molecular weight is 134 g/mol. The van der Waals surface area contributed by atoms with Gasteiger partial charge in [-0.15, -0.1) is 0 Å². The molecule has 0 aromatic rings. The third-order valence-electron chi connectivity index (χ3n) is 1.90. The topological polar surface area (TPSA) is 12.5 Å². The fourth-order valence-corrected chi connectivity index (χ4v) is 1.33. The number of ether oxygens (including phenoxy) is 1. The molecular formula is C9H10O. The van der Waals surface area contributed by atoms with Gasteiger partial charge in [0.1, 0.15) is 11.7 Å². The van der Waals surface area contributed by atoms with Crippen LogP contribution in [0.2, 0.25) is 0 Å². The molecule has 1 fully saturated rings. The Labute approximate surface area is 60.7 Å². The van der Waals surface area contributed by atoms with Crippen LogP contribution in [0.25, 0.3) is 0 Å². The highest BCUT2D eigenvalue weighted by atomic mass is 16.6. The van der Waals surface area contributed by atoms with Gasteiger partial charge in [0.15, 0.2) is 0 Å². The highest BCUT2D eigenvalue weighted by Crippen LogP contribution is 2.42. The van der Waals surface area contributed by atoms with E-state index in [1.54, 1.807) is 0 Å². The zero-order chi connectivity index (χ0) is 7.03. The van der Waals surface area contributed by atoms with Gasteiger partial charge in [-0.25, -0.2) is 0 Å². The van der Waals surface area contributed by atoms with Crippen molar-refractivity contribution in [3.63, 3.8) is 0 Å². The molecule has 0 radical (unpaired) electrons. The normalized spacial score (nSPS) is 42.3. The molecule has 1 aliphatic carbocycles. The highest BCUT2D eigenvalue weighted by molar-refractivity contribution is 5.37. The lowest BCUT2D eigenvalue weighted by Gasteiger charge is -1.99. The summed E-state index contributed by atoms with van der Waals surface area (Å²) in [4.78, 5) is 0. The molecule has 0 aromatic carbocycles. The molecule has 10 heavy (non-hydrogen) atoms. The summed E-state index contributed by atoms with van der Waals surface area (Å²) < 4.78 is 5.45. The van der Waals surface area contributed by atoms with E-state index in [0.717, 1.165) is 0 Å². The summed E-state index contributed by atoms with van der Waals surface area (Å²) in [5.41, 5.74) is -0.0521. The zero-order valence-corrected chi connectivity index (χ0v) is 5.95. The zero-order valence-electron chi connectivity index (χ0n) is 5.95. The second-order valence-electron chi connectivity index (χ2n) is 2.64. The second-order valence-corrected chi connectivity index (χ2v) is 2.64. The van der Waals surface area contributed by atoms with Gasteiger partial charge < -0.3 is 4.74 Å². The molecule has 52 valence electrons. The van der Waals surface area contributed by atoms with E-state index in [1.165, 1.54) is 0 Å². The summed E-state index contributed by atoms with van der Waals surface area (Å²) in [6.45, 7) is 2.01. The van der Waals surface area contributed by atoms with Crippen LogP contribution in [0.4, 0.5) is 0 Å². The van der Waals surface area contributed by atoms with Crippen molar-refractivity contribution in [2.45, 2.75) is 18.6 Å². The summed E-state index contributed by atoms with van der Waals surface area (Å²) in [6.07, 6.45) is 12.7. The number of rotatable bonds is 1. The Hall–Kier alpha value is -0.820. The van der Waals surface area contributed by atoms with Crippen molar-refractivity contribution in [3.8, 4) is 0 Å². The van der Waals surface area contributed by atoms with Gasteiger partial charge >= 0.3 is 0 Å². The predicted octanol–water partition coefficient (Wildman–Crippen LogP) is 1.83. The Kier molecular flexibility index (Phi) is 1.08. The van der Waals surface area contributed by atoms with Crippen molar-refractivity contribution in [2.24, 2.45) is 0 Å². The van der Waals surface area contributed by atoms with Crippen LogP contribution in [0.1, 0.15) is 6.92 Å². The molecule has 1 saturated heterocycles. The van der Waals surface area contributed by atoms with Crippen molar-refractivity contribution in [2.75, 3.05) is 0 Å². The van der Waals surface area contributed by atoms with Gasteiger partial charge in [-0.3, -0.25) is 0 Å². The molecule has 2 unspecified atom stereocenters. The molecule has 0 aromatic heterocycles. The van der Waals surface area contributed by atoms with Gasteiger partial charge in [0.25, 0.3) is 0 Å². The standard InChI is InChI=1S/C9H10O/c1-2-6-9-7-4-3-5-8(9)10-9/h2-8H,1H3. The number of allylic oxidation sites excluding steroid dienone is 3. The Morgan fingerprint density at radius 1 is 1.50 bits per heavy atom. The van der Waals surface area contributed by atoms with Crippen LogP contribution in [-0.4, -0.2) is 11.7 Å². The Morgan fingerprint density at radius 3 is 3.10 bits per heavy atom. The molecule has 1 heteroatoms. The van der Waals surface area contributed by atoms with Crippen LogP contribution in [0.5, 0.6) is 0 Å². The summed E-state index contributed by atoms with van der Waals surface area (Å²) >= 11 is 0. The van der Waals surface area contributed by atoms with Gasteiger partial charge in [0, 0.05) is 0 Å². The number of hydrogen-bond donors (Lipinski definition) is 0. The average Bonchev–Trinajstić information content (AvgIpc) is 2.62. The van der Waals surface area contributed by atoms with Crippen LogP contribution >= 0.6 is 0 Å². The minimum atomic E-state index is -0.0521.